The molecule has 0 radical (unpaired) electrons. The highest BCUT2D eigenvalue weighted by atomic mass is 35.5. The lowest BCUT2D eigenvalue weighted by Crippen LogP contribution is -2.15. The Labute approximate surface area is 167 Å². The van der Waals surface area contributed by atoms with Crippen LogP contribution in [0.5, 0.6) is 11.5 Å². The van der Waals surface area contributed by atoms with Crippen molar-refractivity contribution in [2.45, 2.75) is 19.4 Å². The lowest BCUT2D eigenvalue weighted by molar-refractivity contribution is -0.115. The number of anilines is 1. The molecular formula is C20H19ClN4O3. The van der Waals surface area contributed by atoms with Gasteiger partial charge in [-0.3, -0.25) is 14.5 Å². The molecule has 28 heavy (non-hydrogen) atoms. The molecule has 0 fully saturated rings. The van der Waals surface area contributed by atoms with Crippen molar-refractivity contribution in [1.82, 2.24) is 14.8 Å². The SMILES string of the molecule is O=C(Cc1cc(Cl)c2c(c1)OCCCO2)Nc1ccn(Cc2cccnc2)n1. The van der Waals surface area contributed by atoms with Crippen LogP contribution in [-0.4, -0.2) is 33.9 Å². The van der Waals surface area contributed by atoms with Gasteiger partial charge in [-0.1, -0.05) is 17.7 Å². The Hall–Kier alpha value is -3.06. The zero-order chi connectivity index (χ0) is 19.3. The fourth-order valence-electron chi connectivity index (χ4n) is 2.95. The molecule has 1 N–H and O–H groups in total. The number of amides is 1. The maximum Gasteiger partial charge on any atom is 0.229 e. The molecule has 0 aliphatic carbocycles. The number of ether oxygens (including phenoxy) is 2. The van der Waals surface area contributed by atoms with Gasteiger partial charge in [0.05, 0.1) is 31.2 Å². The van der Waals surface area contributed by atoms with E-state index in [-0.39, 0.29) is 12.3 Å². The highest BCUT2D eigenvalue weighted by Crippen LogP contribution is 2.38. The predicted octanol–water partition coefficient (Wildman–Crippen LogP) is 3.32. The van der Waals surface area contributed by atoms with Crippen molar-refractivity contribution in [2.75, 3.05) is 18.5 Å². The Bertz CT molecular complexity index is 975. The van der Waals surface area contributed by atoms with E-state index in [4.69, 9.17) is 21.1 Å². The van der Waals surface area contributed by atoms with Crippen molar-refractivity contribution < 1.29 is 14.3 Å². The Morgan fingerprint density at radius 1 is 1.21 bits per heavy atom. The van der Waals surface area contributed by atoms with Crippen molar-refractivity contribution in [3.8, 4) is 11.5 Å². The summed E-state index contributed by atoms with van der Waals surface area (Å²) in [5, 5.41) is 7.63. The van der Waals surface area contributed by atoms with E-state index >= 15 is 0 Å². The molecule has 1 amide bonds. The highest BCUT2D eigenvalue weighted by Gasteiger charge is 2.17. The number of hydrogen-bond acceptors (Lipinski definition) is 5. The monoisotopic (exact) mass is 398 g/mol. The van der Waals surface area contributed by atoms with Gasteiger partial charge in [-0.25, -0.2) is 0 Å². The third kappa shape index (κ3) is 4.43. The summed E-state index contributed by atoms with van der Waals surface area (Å²) in [6.07, 6.45) is 6.28. The van der Waals surface area contributed by atoms with Crippen LogP contribution in [0, 0.1) is 0 Å². The molecule has 1 aromatic carbocycles. The smallest absolute Gasteiger partial charge is 0.229 e. The van der Waals surface area contributed by atoms with Crippen LogP contribution >= 0.6 is 11.6 Å². The fourth-order valence-corrected chi connectivity index (χ4v) is 3.24. The molecule has 3 heterocycles. The second-order valence-corrected chi connectivity index (χ2v) is 6.85. The second kappa shape index (κ2) is 8.31. The number of halogens is 1. The van der Waals surface area contributed by atoms with Crippen LogP contribution in [0.2, 0.25) is 5.02 Å². The van der Waals surface area contributed by atoms with Gasteiger partial charge in [-0.2, -0.15) is 5.10 Å². The van der Waals surface area contributed by atoms with Crippen LogP contribution in [0.1, 0.15) is 17.5 Å². The quantitative estimate of drug-likeness (QED) is 0.713. The molecule has 1 aliphatic heterocycles. The maximum atomic E-state index is 12.4. The van der Waals surface area contributed by atoms with Crippen LogP contribution in [0.3, 0.4) is 0 Å². The molecule has 144 valence electrons. The molecule has 0 saturated carbocycles. The number of nitrogens with one attached hydrogen (secondary N) is 1. The van der Waals surface area contributed by atoms with Crippen molar-refractivity contribution in [2.24, 2.45) is 0 Å². The normalized spacial score (nSPS) is 13.0. The zero-order valence-corrected chi connectivity index (χ0v) is 15.9. The topological polar surface area (TPSA) is 78.3 Å². The number of carbonyl (C=O) groups excluding carboxylic acids is 1. The molecule has 1 aliphatic rings. The lowest BCUT2D eigenvalue weighted by Gasteiger charge is -2.11. The predicted molar refractivity (Wildman–Crippen MR) is 105 cm³/mol. The Morgan fingerprint density at radius 2 is 2.11 bits per heavy atom. The van der Waals surface area contributed by atoms with E-state index in [1.54, 1.807) is 35.3 Å². The minimum absolute atomic E-state index is 0.159. The summed E-state index contributed by atoms with van der Waals surface area (Å²) in [7, 11) is 0. The molecule has 0 atom stereocenters. The maximum absolute atomic E-state index is 12.4. The number of fused-ring (bicyclic) bond motifs is 1. The van der Waals surface area contributed by atoms with E-state index in [0.717, 1.165) is 17.5 Å². The van der Waals surface area contributed by atoms with Crippen LogP contribution in [0.15, 0.2) is 48.9 Å². The minimum Gasteiger partial charge on any atom is -0.489 e. The summed E-state index contributed by atoms with van der Waals surface area (Å²) in [5.41, 5.74) is 1.78. The molecule has 3 aromatic rings. The van der Waals surface area contributed by atoms with Gasteiger partial charge in [0.2, 0.25) is 5.91 Å². The fraction of sp³-hybridized carbons (Fsp3) is 0.250. The standard InChI is InChI=1S/C20H19ClN4O3/c21-16-9-15(10-17-20(16)28-8-2-7-27-17)11-19(26)23-18-4-6-25(24-18)13-14-3-1-5-22-12-14/h1,3-6,9-10,12H,2,7-8,11,13H2,(H,23,24,26). The van der Waals surface area contributed by atoms with Crippen molar-refractivity contribution in [3.05, 3.63) is 65.1 Å². The minimum atomic E-state index is -0.183. The third-order valence-corrected chi connectivity index (χ3v) is 4.48. The van der Waals surface area contributed by atoms with E-state index in [9.17, 15) is 4.79 Å². The zero-order valence-electron chi connectivity index (χ0n) is 15.1. The first-order valence-corrected chi connectivity index (χ1v) is 9.35. The summed E-state index contributed by atoms with van der Waals surface area (Å²) in [6, 6.07) is 9.14. The lowest BCUT2D eigenvalue weighted by atomic mass is 10.1. The van der Waals surface area contributed by atoms with Crippen molar-refractivity contribution in [1.29, 1.82) is 0 Å². The number of aromatic nitrogens is 3. The third-order valence-electron chi connectivity index (χ3n) is 4.20. The molecule has 0 saturated heterocycles. The van der Waals surface area contributed by atoms with Crippen LogP contribution in [-0.2, 0) is 17.8 Å². The highest BCUT2D eigenvalue weighted by molar-refractivity contribution is 6.32. The molecule has 0 spiro atoms. The summed E-state index contributed by atoms with van der Waals surface area (Å²) in [6.45, 7) is 1.71. The second-order valence-electron chi connectivity index (χ2n) is 6.44. The van der Waals surface area contributed by atoms with E-state index < -0.39 is 0 Å². The Kier molecular flexibility index (Phi) is 5.43. The van der Waals surface area contributed by atoms with Crippen LogP contribution in [0.4, 0.5) is 5.82 Å². The molecule has 7 nitrogen and oxygen atoms in total. The first-order valence-electron chi connectivity index (χ1n) is 8.97. The number of carbonyl (C=O) groups is 1. The number of hydrogen-bond donors (Lipinski definition) is 1. The first-order chi connectivity index (χ1) is 13.7. The summed E-state index contributed by atoms with van der Waals surface area (Å²) >= 11 is 6.29. The Morgan fingerprint density at radius 3 is 2.96 bits per heavy atom. The van der Waals surface area contributed by atoms with Gasteiger partial charge in [0.15, 0.2) is 17.3 Å². The Balaban J connectivity index is 1.40. The molecule has 0 unspecified atom stereocenters. The number of benzene rings is 1. The largest absolute Gasteiger partial charge is 0.489 e. The molecule has 8 heteroatoms. The molecule has 2 aromatic heterocycles. The average molecular weight is 399 g/mol. The van der Waals surface area contributed by atoms with Gasteiger partial charge in [0.1, 0.15) is 0 Å². The summed E-state index contributed by atoms with van der Waals surface area (Å²) < 4.78 is 13.0. The number of nitrogens with zero attached hydrogens (tertiary/aromatic N) is 3. The summed E-state index contributed by atoms with van der Waals surface area (Å²) in [4.78, 5) is 16.5. The molecular weight excluding hydrogens is 380 g/mol. The van der Waals surface area contributed by atoms with E-state index in [1.165, 1.54) is 0 Å². The van der Waals surface area contributed by atoms with Gasteiger partial charge in [0, 0.05) is 31.1 Å². The van der Waals surface area contributed by atoms with E-state index in [2.05, 4.69) is 15.4 Å². The van der Waals surface area contributed by atoms with Crippen molar-refractivity contribution in [3.63, 3.8) is 0 Å². The number of pyridine rings is 1. The summed E-state index contributed by atoms with van der Waals surface area (Å²) in [5.74, 6) is 1.43. The number of rotatable bonds is 5. The van der Waals surface area contributed by atoms with Crippen LogP contribution < -0.4 is 14.8 Å². The van der Waals surface area contributed by atoms with Gasteiger partial charge >= 0.3 is 0 Å². The van der Waals surface area contributed by atoms with Gasteiger partial charge in [0.25, 0.3) is 0 Å². The van der Waals surface area contributed by atoms with E-state index in [0.29, 0.717) is 42.1 Å². The van der Waals surface area contributed by atoms with Crippen LogP contribution in [0.25, 0.3) is 0 Å². The van der Waals surface area contributed by atoms with Gasteiger partial charge in [-0.15, -0.1) is 0 Å². The van der Waals surface area contributed by atoms with Crippen molar-refractivity contribution >= 4 is 23.3 Å². The average Bonchev–Trinajstić information content (AvgIpc) is 2.96. The molecule has 0 bridgehead atoms. The van der Waals surface area contributed by atoms with E-state index in [1.807, 2.05) is 18.3 Å². The van der Waals surface area contributed by atoms with Gasteiger partial charge in [-0.05, 0) is 29.3 Å². The first kappa shape index (κ1) is 18.3. The molecule has 4 rings (SSSR count). The van der Waals surface area contributed by atoms with Gasteiger partial charge < -0.3 is 14.8 Å².